The van der Waals surface area contributed by atoms with Crippen molar-refractivity contribution in [2.75, 3.05) is 5.32 Å². The Balaban J connectivity index is 2.21. The van der Waals surface area contributed by atoms with Crippen LogP contribution in [-0.2, 0) is 7.05 Å². The first-order valence-corrected chi connectivity index (χ1v) is 4.89. The van der Waals surface area contributed by atoms with Crippen molar-refractivity contribution in [3.05, 3.63) is 48.3 Å². The number of phenolic OH excluding ortho intramolecular Hbond substituents is 1. The Morgan fingerprint density at radius 1 is 1.25 bits per heavy atom. The van der Waals surface area contributed by atoms with Gasteiger partial charge in [-0.1, -0.05) is 12.1 Å². The van der Waals surface area contributed by atoms with E-state index in [4.69, 9.17) is 0 Å². The molecule has 1 aromatic heterocycles. The topological polar surface area (TPSA) is 54.3 Å². The molecule has 0 spiro atoms. The zero-order chi connectivity index (χ0) is 11.5. The number of amides is 1. The maximum Gasteiger partial charge on any atom is 0.272 e. The van der Waals surface area contributed by atoms with Crippen LogP contribution in [0.1, 0.15) is 10.5 Å². The molecule has 1 amide bonds. The van der Waals surface area contributed by atoms with Gasteiger partial charge < -0.3 is 15.0 Å². The zero-order valence-electron chi connectivity index (χ0n) is 8.84. The molecule has 0 radical (unpaired) electrons. The van der Waals surface area contributed by atoms with Crippen molar-refractivity contribution in [2.45, 2.75) is 0 Å². The molecule has 1 heterocycles. The molecule has 2 N–H and O–H groups in total. The number of carbonyl (C=O) groups excluding carboxylic acids is 1. The first kappa shape index (κ1) is 10.3. The lowest BCUT2D eigenvalue weighted by atomic mass is 10.3. The SMILES string of the molecule is Cn1cccc1C(=O)Nc1ccccc1O. The first-order valence-electron chi connectivity index (χ1n) is 4.89. The van der Waals surface area contributed by atoms with Crippen LogP contribution in [0.15, 0.2) is 42.6 Å². The number of aromatic hydroxyl groups is 1. The van der Waals surface area contributed by atoms with Crippen molar-refractivity contribution in [2.24, 2.45) is 7.05 Å². The lowest BCUT2D eigenvalue weighted by Gasteiger charge is -2.07. The second-order valence-electron chi connectivity index (χ2n) is 3.48. The van der Waals surface area contributed by atoms with Crippen LogP contribution in [0, 0.1) is 0 Å². The normalized spacial score (nSPS) is 10.1. The summed E-state index contributed by atoms with van der Waals surface area (Å²) in [6, 6.07) is 10.1. The third kappa shape index (κ3) is 1.91. The van der Waals surface area contributed by atoms with E-state index in [1.54, 1.807) is 48.1 Å². The number of carbonyl (C=O) groups is 1. The van der Waals surface area contributed by atoms with Gasteiger partial charge in [0.2, 0.25) is 0 Å². The highest BCUT2D eigenvalue weighted by Crippen LogP contribution is 2.22. The summed E-state index contributed by atoms with van der Waals surface area (Å²) in [7, 11) is 1.79. The number of para-hydroxylation sites is 2. The predicted octanol–water partition coefficient (Wildman–Crippen LogP) is 1.98. The van der Waals surface area contributed by atoms with Crippen molar-refractivity contribution >= 4 is 11.6 Å². The molecule has 0 atom stereocenters. The van der Waals surface area contributed by atoms with E-state index in [2.05, 4.69) is 5.32 Å². The average molecular weight is 216 g/mol. The highest BCUT2D eigenvalue weighted by Gasteiger charge is 2.10. The van der Waals surface area contributed by atoms with E-state index in [0.29, 0.717) is 11.4 Å². The average Bonchev–Trinajstić information content (AvgIpc) is 2.68. The molecule has 0 saturated heterocycles. The van der Waals surface area contributed by atoms with Crippen LogP contribution in [-0.4, -0.2) is 15.6 Å². The summed E-state index contributed by atoms with van der Waals surface area (Å²) < 4.78 is 1.72. The largest absolute Gasteiger partial charge is 0.506 e. The van der Waals surface area contributed by atoms with Gasteiger partial charge in [-0.05, 0) is 24.3 Å². The van der Waals surface area contributed by atoms with Gasteiger partial charge in [0, 0.05) is 13.2 Å². The fourth-order valence-electron chi connectivity index (χ4n) is 1.46. The van der Waals surface area contributed by atoms with Gasteiger partial charge in [-0.15, -0.1) is 0 Å². The van der Waals surface area contributed by atoms with E-state index in [9.17, 15) is 9.90 Å². The summed E-state index contributed by atoms with van der Waals surface area (Å²) in [5, 5.41) is 12.1. The molecular weight excluding hydrogens is 204 g/mol. The summed E-state index contributed by atoms with van der Waals surface area (Å²) in [5.74, 6) is -0.181. The van der Waals surface area contributed by atoms with Gasteiger partial charge in [0.15, 0.2) is 0 Å². The minimum absolute atomic E-state index is 0.0602. The van der Waals surface area contributed by atoms with Gasteiger partial charge in [-0.3, -0.25) is 4.79 Å². The summed E-state index contributed by atoms with van der Waals surface area (Å²) in [4.78, 5) is 11.8. The van der Waals surface area contributed by atoms with Crippen LogP contribution in [0.4, 0.5) is 5.69 Å². The van der Waals surface area contributed by atoms with E-state index < -0.39 is 0 Å². The zero-order valence-corrected chi connectivity index (χ0v) is 8.84. The standard InChI is InChI=1S/C12H12N2O2/c1-14-8-4-6-10(14)12(16)13-9-5-2-3-7-11(9)15/h2-8,15H,1H3,(H,13,16). The number of hydrogen-bond acceptors (Lipinski definition) is 2. The Hall–Kier alpha value is -2.23. The maximum atomic E-state index is 11.8. The summed E-state index contributed by atoms with van der Waals surface area (Å²) in [5.41, 5.74) is 0.956. The minimum Gasteiger partial charge on any atom is -0.506 e. The van der Waals surface area contributed by atoms with Crippen LogP contribution in [0.25, 0.3) is 0 Å². The minimum atomic E-state index is -0.242. The first-order chi connectivity index (χ1) is 7.68. The van der Waals surface area contributed by atoms with Crippen molar-refractivity contribution < 1.29 is 9.90 Å². The van der Waals surface area contributed by atoms with Gasteiger partial charge in [0.05, 0.1) is 5.69 Å². The Kier molecular flexibility index (Phi) is 2.64. The number of rotatable bonds is 2. The lowest BCUT2D eigenvalue weighted by Crippen LogP contribution is -2.15. The molecule has 0 fully saturated rings. The van der Waals surface area contributed by atoms with E-state index in [0.717, 1.165) is 0 Å². The number of aromatic nitrogens is 1. The fourth-order valence-corrected chi connectivity index (χ4v) is 1.46. The number of benzene rings is 1. The number of nitrogens with zero attached hydrogens (tertiary/aromatic N) is 1. The molecule has 0 aliphatic rings. The van der Waals surface area contributed by atoms with Crippen molar-refractivity contribution in [3.63, 3.8) is 0 Å². The summed E-state index contributed by atoms with van der Waals surface area (Å²) >= 11 is 0. The number of nitrogens with one attached hydrogen (secondary N) is 1. The van der Waals surface area contributed by atoms with Crippen LogP contribution in [0.3, 0.4) is 0 Å². The van der Waals surface area contributed by atoms with E-state index in [-0.39, 0.29) is 11.7 Å². The molecule has 1 aromatic carbocycles. The number of anilines is 1. The van der Waals surface area contributed by atoms with E-state index in [1.165, 1.54) is 6.07 Å². The molecule has 0 aliphatic carbocycles. The van der Waals surface area contributed by atoms with Gasteiger partial charge in [-0.2, -0.15) is 0 Å². The quantitative estimate of drug-likeness (QED) is 0.754. The highest BCUT2D eigenvalue weighted by atomic mass is 16.3. The second kappa shape index (κ2) is 4.10. The molecule has 0 bridgehead atoms. The van der Waals surface area contributed by atoms with Crippen molar-refractivity contribution in [3.8, 4) is 5.75 Å². The van der Waals surface area contributed by atoms with Crippen LogP contribution in [0.5, 0.6) is 5.75 Å². The third-order valence-electron chi connectivity index (χ3n) is 2.33. The molecule has 0 aliphatic heterocycles. The second-order valence-corrected chi connectivity index (χ2v) is 3.48. The van der Waals surface area contributed by atoms with Crippen molar-refractivity contribution in [1.29, 1.82) is 0 Å². The number of aryl methyl sites for hydroxylation is 1. The van der Waals surface area contributed by atoms with Crippen LogP contribution in [0.2, 0.25) is 0 Å². The predicted molar refractivity (Wildman–Crippen MR) is 61.5 cm³/mol. The number of hydrogen-bond donors (Lipinski definition) is 2. The molecule has 2 rings (SSSR count). The maximum absolute atomic E-state index is 11.8. The Morgan fingerprint density at radius 2 is 2.00 bits per heavy atom. The molecule has 0 saturated carbocycles. The van der Waals surface area contributed by atoms with Crippen LogP contribution < -0.4 is 5.32 Å². The van der Waals surface area contributed by atoms with Gasteiger partial charge >= 0.3 is 0 Å². The van der Waals surface area contributed by atoms with Crippen LogP contribution >= 0.6 is 0 Å². The molecule has 0 unspecified atom stereocenters. The number of phenols is 1. The van der Waals surface area contributed by atoms with Gasteiger partial charge in [0.1, 0.15) is 11.4 Å². The molecule has 82 valence electrons. The van der Waals surface area contributed by atoms with Gasteiger partial charge in [-0.25, -0.2) is 0 Å². The third-order valence-corrected chi connectivity index (χ3v) is 2.33. The van der Waals surface area contributed by atoms with Gasteiger partial charge in [0.25, 0.3) is 5.91 Å². The van der Waals surface area contributed by atoms with Crippen molar-refractivity contribution in [1.82, 2.24) is 4.57 Å². The molecule has 2 aromatic rings. The molecular formula is C12H12N2O2. The molecule has 16 heavy (non-hydrogen) atoms. The monoisotopic (exact) mass is 216 g/mol. The lowest BCUT2D eigenvalue weighted by molar-refractivity contribution is 0.101. The Morgan fingerprint density at radius 3 is 2.62 bits per heavy atom. The smallest absolute Gasteiger partial charge is 0.272 e. The fraction of sp³-hybridized carbons (Fsp3) is 0.0833. The highest BCUT2D eigenvalue weighted by molar-refractivity contribution is 6.03. The molecule has 4 heteroatoms. The Bertz CT molecular complexity index is 517. The summed E-state index contributed by atoms with van der Waals surface area (Å²) in [6.07, 6.45) is 1.79. The van der Waals surface area contributed by atoms with E-state index in [1.807, 2.05) is 0 Å². The Labute approximate surface area is 93.1 Å². The van der Waals surface area contributed by atoms with E-state index >= 15 is 0 Å². The molecule has 4 nitrogen and oxygen atoms in total. The summed E-state index contributed by atoms with van der Waals surface area (Å²) in [6.45, 7) is 0.